The largest absolute Gasteiger partial charge is 0.341 e. The second-order valence-electron chi connectivity index (χ2n) is 3.67. The summed E-state index contributed by atoms with van der Waals surface area (Å²) in [5.41, 5.74) is 0.686. The van der Waals surface area contributed by atoms with Crippen LogP contribution in [-0.4, -0.2) is 24.4 Å². The molecule has 0 saturated heterocycles. The molecule has 0 radical (unpaired) electrons. The van der Waals surface area contributed by atoms with Crippen LogP contribution >= 0.6 is 23.2 Å². The minimum Gasteiger partial charge on any atom is -0.341 e. The molecule has 0 unspecified atom stereocenters. The first kappa shape index (κ1) is 14.6. The first-order chi connectivity index (χ1) is 8.54. The molecule has 0 aliphatic heterocycles. The molecule has 0 aromatic heterocycles. The Hall–Kier alpha value is -1.50. The minimum absolute atomic E-state index is 0.179. The van der Waals surface area contributed by atoms with Gasteiger partial charge >= 0.3 is 0 Å². The first-order valence-corrected chi connectivity index (χ1v) is 6.05. The molecular weight excluding hydrogens is 271 g/mol. The highest BCUT2D eigenvalue weighted by Crippen LogP contribution is 2.21. The zero-order valence-corrected chi connectivity index (χ0v) is 11.4. The van der Waals surface area contributed by atoms with E-state index < -0.39 is 0 Å². The fourth-order valence-electron chi connectivity index (χ4n) is 1.26. The van der Waals surface area contributed by atoms with E-state index in [0.717, 1.165) is 0 Å². The second-order valence-corrected chi connectivity index (χ2v) is 4.51. The third kappa shape index (κ3) is 4.40. The molecule has 1 aromatic carbocycles. The van der Waals surface area contributed by atoms with Gasteiger partial charge in [0.2, 0.25) is 5.91 Å². The summed E-state index contributed by atoms with van der Waals surface area (Å²) < 4.78 is 0. The first-order valence-electron chi connectivity index (χ1n) is 5.30. The van der Waals surface area contributed by atoms with Gasteiger partial charge in [-0.3, -0.25) is 4.79 Å². The number of nitrogens with zero attached hydrogens (tertiary/aromatic N) is 2. The van der Waals surface area contributed by atoms with E-state index in [1.807, 2.05) is 6.07 Å². The van der Waals surface area contributed by atoms with Crippen LogP contribution in [0.5, 0.6) is 0 Å². The van der Waals surface area contributed by atoms with Gasteiger partial charge in [-0.1, -0.05) is 23.2 Å². The molecule has 1 aromatic rings. The maximum atomic E-state index is 11.7. The molecule has 94 valence electrons. The molecule has 0 saturated carbocycles. The molecule has 0 N–H and O–H groups in total. The number of hydrogen-bond acceptors (Lipinski definition) is 2. The summed E-state index contributed by atoms with van der Waals surface area (Å²) in [5, 5.41) is 9.52. The van der Waals surface area contributed by atoms with Crippen molar-refractivity contribution in [1.82, 2.24) is 4.90 Å². The number of carbonyl (C=O) groups is 1. The predicted octanol–water partition coefficient (Wildman–Crippen LogP) is 3.38. The van der Waals surface area contributed by atoms with Gasteiger partial charge in [-0.15, -0.1) is 0 Å². The van der Waals surface area contributed by atoms with E-state index in [4.69, 9.17) is 28.5 Å². The van der Waals surface area contributed by atoms with Gasteiger partial charge in [-0.05, 0) is 29.8 Å². The van der Waals surface area contributed by atoms with Gasteiger partial charge in [-0.2, -0.15) is 5.26 Å². The highest BCUT2D eigenvalue weighted by atomic mass is 35.5. The zero-order valence-electron chi connectivity index (χ0n) is 9.86. The van der Waals surface area contributed by atoms with Crippen LogP contribution < -0.4 is 0 Å². The zero-order chi connectivity index (χ0) is 13.5. The summed E-state index contributed by atoms with van der Waals surface area (Å²) in [5.74, 6) is -0.179. The summed E-state index contributed by atoms with van der Waals surface area (Å²) in [4.78, 5) is 13.1. The molecule has 1 amide bonds. The topological polar surface area (TPSA) is 44.1 Å². The highest BCUT2D eigenvalue weighted by Gasteiger charge is 2.04. The molecule has 0 spiro atoms. The SMILES string of the molecule is CN(CCC#N)C(=O)/C=C/c1cc(Cl)ccc1Cl. The highest BCUT2D eigenvalue weighted by molar-refractivity contribution is 6.34. The Morgan fingerprint density at radius 3 is 2.89 bits per heavy atom. The Kier molecular flexibility index (Phi) is 5.70. The van der Waals surface area contributed by atoms with E-state index in [1.54, 1.807) is 31.3 Å². The Balaban J connectivity index is 2.72. The number of nitriles is 1. The number of halogens is 2. The van der Waals surface area contributed by atoms with Crippen molar-refractivity contribution in [1.29, 1.82) is 5.26 Å². The summed E-state index contributed by atoms with van der Waals surface area (Å²) >= 11 is 11.8. The Morgan fingerprint density at radius 2 is 2.22 bits per heavy atom. The predicted molar refractivity (Wildman–Crippen MR) is 73.4 cm³/mol. The number of rotatable bonds is 4. The van der Waals surface area contributed by atoms with Gasteiger partial charge in [0.15, 0.2) is 0 Å². The van der Waals surface area contributed by atoms with Crippen molar-refractivity contribution in [3.8, 4) is 6.07 Å². The van der Waals surface area contributed by atoms with Gasteiger partial charge in [0.05, 0.1) is 12.5 Å². The van der Waals surface area contributed by atoms with E-state index in [2.05, 4.69) is 0 Å². The van der Waals surface area contributed by atoms with E-state index in [0.29, 0.717) is 28.6 Å². The number of amides is 1. The summed E-state index contributed by atoms with van der Waals surface area (Å²) in [6.07, 6.45) is 3.34. The lowest BCUT2D eigenvalue weighted by atomic mass is 10.2. The van der Waals surface area contributed by atoms with E-state index >= 15 is 0 Å². The minimum atomic E-state index is -0.179. The van der Waals surface area contributed by atoms with Gasteiger partial charge in [0, 0.05) is 29.7 Å². The van der Waals surface area contributed by atoms with Crippen molar-refractivity contribution >= 4 is 35.2 Å². The molecule has 3 nitrogen and oxygen atoms in total. The Bertz CT molecular complexity index is 506. The fraction of sp³-hybridized carbons (Fsp3) is 0.231. The maximum Gasteiger partial charge on any atom is 0.246 e. The smallest absolute Gasteiger partial charge is 0.246 e. The lowest BCUT2D eigenvalue weighted by Gasteiger charge is -2.12. The van der Waals surface area contributed by atoms with Crippen LogP contribution in [-0.2, 0) is 4.79 Å². The molecule has 18 heavy (non-hydrogen) atoms. The van der Waals surface area contributed by atoms with Crippen molar-refractivity contribution in [2.45, 2.75) is 6.42 Å². The van der Waals surface area contributed by atoms with Crippen molar-refractivity contribution in [2.75, 3.05) is 13.6 Å². The third-order valence-electron chi connectivity index (χ3n) is 2.30. The lowest BCUT2D eigenvalue weighted by molar-refractivity contribution is -0.124. The maximum absolute atomic E-state index is 11.7. The second kappa shape index (κ2) is 7.05. The monoisotopic (exact) mass is 282 g/mol. The molecule has 5 heteroatoms. The summed E-state index contributed by atoms with van der Waals surface area (Å²) in [6, 6.07) is 7.03. The van der Waals surface area contributed by atoms with Crippen molar-refractivity contribution < 1.29 is 4.79 Å². The molecule has 0 bridgehead atoms. The van der Waals surface area contributed by atoms with Crippen molar-refractivity contribution in [3.05, 3.63) is 39.9 Å². The molecule has 0 aliphatic carbocycles. The van der Waals surface area contributed by atoms with Crippen molar-refractivity contribution in [3.63, 3.8) is 0 Å². The summed E-state index contributed by atoms with van der Waals surface area (Å²) in [7, 11) is 1.64. The average molecular weight is 283 g/mol. The van der Waals surface area contributed by atoms with E-state index in [-0.39, 0.29) is 5.91 Å². The van der Waals surface area contributed by atoms with Gasteiger partial charge < -0.3 is 4.90 Å². The molecule has 0 fully saturated rings. The number of hydrogen-bond donors (Lipinski definition) is 0. The molecular formula is C13H12Cl2N2O. The van der Waals surface area contributed by atoms with Crippen LogP contribution in [0.1, 0.15) is 12.0 Å². The Morgan fingerprint density at radius 1 is 1.50 bits per heavy atom. The van der Waals surface area contributed by atoms with Gasteiger partial charge in [-0.25, -0.2) is 0 Å². The van der Waals surface area contributed by atoms with Crippen LogP contribution in [0.3, 0.4) is 0 Å². The van der Waals surface area contributed by atoms with Crippen LogP contribution in [0.25, 0.3) is 6.08 Å². The van der Waals surface area contributed by atoms with Crippen molar-refractivity contribution in [2.24, 2.45) is 0 Å². The van der Waals surface area contributed by atoms with Crippen LogP contribution in [0.15, 0.2) is 24.3 Å². The van der Waals surface area contributed by atoms with Crippen LogP contribution in [0.2, 0.25) is 10.0 Å². The Labute approximate surface area is 116 Å². The van der Waals surface area contributed by atoms with E-state index in [9.17, 15) is 4.79 Å². The number of carbonyl (C=O) groups excluding carboxylic acids is 1. The normalized spacial score (nSPS) is 10.3. The standard InChI is InChI=1S/C13H12Cl2N2O/c1-17(8-2-7-16)13(18)6-3-10-9-11(14)4-5-12(10)15/h3-6,9H,2,8H2,1H3/b6-3+. The molecule has 1 rings (SSSR count). The molecule has 0 heterocycles. The molecule has 0 aliphatic rings. The quantitative estimate of drug-likeness (QED) is 0.795. The lowest BCUT2D eigenvalue weighted by Crippen LogP contribution is -2.25. The van der Waals surface area contributed by atoms with Crippen LogP contribution in [0.4, 0.5) is 0 Å². The average Bonchev–Trinajstić information content (AvgIpc) is 2.36. The number of likely N-dealkylation sites (N-methyl/N-ethyl adjacent to an activating group) is 1. The van der Waals surface area contributed by atoms with Gasteiger partial charge in [0.1, 0.15) is 0 Å². The van der Waals surface area contributed by atoms with E-state index in [1.165, 1.54) is 11.0 Å². The third-order valence-corrected chi connectivity index (χ3v) is 2.88. The van der Waals surface area contributed by atoms with Crippen LogP contribution in [0, 0.1) is 11.3 Å². The number of benzene rings is 1. The summed E-state index contributed by atoms with van der Waals surface area (Å²) in [6.45, 7) is 0.406. The molecule has 0 atom stereocenters. The van der Waals surface area contributed by atoms with Gasteiger partial charge in [0.25, 0.3) is 0 Å². The fourth-order valence-corrected chi connectivity index (χ4v) is 1.62.